The quantitative estimate of drug-likeness (QED) is 0.400. The average Bonchev–Trinajstić information content (AvgIpc) is 3.21. The van der Waals surface area contributed by atoms with Crippen LogP contribution in [0.3, 0.4) is 0 Å². The maximum absolute atomic E-state index is 13.8. The van der Waals surface area contributed by atoms with Gasteiger partial charge >= 0.3 is 0 Å². The van der Waals surface area contributed by atoms with Gasteiger partial charge in [0.2, 0.25) is 0 Å². The molecule has 0 bridgehead atoms. The summed E-state index contributed by atoms with van der Waals surface area (Å²) < 4.78 is 47.1. The second-order valence-electron chi connectivity index (χ2n) is 8.94. The molecule has 1 aliphatic carbocycles. The van der Waals surface area contributed by atoms with Crippen LogP contribution in [-0.2, 0) is 16.0 Å². The van der Waals surface area contributed by atoms with Crippen molar-refractivity contribution in [2.75, 3.05) is 0 Å². The van der Waals surface area contributed by atoms with Crippen molar-refractivity contribution in [2.45, 2.75) is 64.1 Å². The first kappa shape index (κ1) is 22.4. The van der Waals surface area contributed by atoms with Crippen molar-refractivity contribution in [3.8, 4) is 11.1 Å². The number of benzene rings is 2. The smallest absolute Gasteiger partial charge is 0.196 e. The highest BCUT2D eigenvalue weighted by Crippen LogP contribution is 2.50. The van der Waals surface area contributed by atoms with Crippen LogP contribution in [0.1, 0.15) is 57.6 Å². The molecule has 2 aliphatic rings. The van der Waals surface area contributed by atoms with Crippen LogP contribution in [0.15, 0.2) is 41.2 Å². The zero-order valence-electron chi connectivity index (χ0n) is 18.2. The van der Waals surface area contributed by atoms with E-state index in [1.807, 2.05) is 6.92 Å². The lowest BCUT2D eigenvalue weighted by atomic mass is 9.78. The zero-order chi connectivity index (χ0) is 23.3. The highest BCUT2D eigenvalue weighted by atomic mass is 19.2. The molecule has 0 aromatic heterocycles. The molecule has 1 saturated carbocycles. The monoisotopic (exact) mass is 443 g/mol. The van der Waals surface area contributed by atoms with E-state index in [-0.39, 0.29) is 22.6 Å². The van der Waals surface area contributed by atoms with Crippen molar-refractivity contribution >= 4 is 11.4 Å². The summed E-state index contributed by atoms with van der Waals surface area (Å²) in [6.45, 7) is 5.27. The van der Waals surface area contributed by atoms with Crippen molar-refractivity contribution in [2.24, 2.45) is 5.18 Å². The van der Waals surface area contributed by atoms with Gasteiger partial charge in [-0.1, -0.05) is 38.0 Å². The number of halogens is 3. The lowest BCUT2D eigenvalue weighted by Crippen LogP contribution is -2.50. The Bertz CT molecular complexity index is 1120. The number of carbonyl (C=O) groups is 1. The molecule has 1 spiro atoms. The van der Waals surface area contributed by atoms with Crippen molar-refractivity contribution < 1.29 is 22.7 Å². The topological polar surface area (TPSA) is 55.7 Å². The standard InChI is InChI=1S/C25H24F3NO3/c1-4-14-11-15(16-12-18(26)21(28)19(27)13-16)7-8-17(14)20-22(29-31)25(9-5-6-10-25)32-24(2,3)23(20)30/h7-8,11-13H,4-6,9-10H2,1-3H3. The van der Waals surface area contributed by atoms with Crippen LogP contribution in [0.2, 0.25) is 0 Å². The Hall–Kier alpha value is -2.80. The van der Waals surface area contributed by atoms with E-state index >= 15 is 0 Å². The van der Waals surface area contributed by atoms with E-state index in [1.54, 1.807) is 32.0 Å². The number of ketones is 1. The molecular formula is C25H24F3NO3. The summed E-state index contributed by atoms with van der Waals surface area (Å²) in [6, 6.07) is 6.83. The zero-order valence-corrected chi connectivity index (χ0v) is 18.2. The summed E-state index contributed by atoms with van der Waals surface area (Å²) in [6.07, 6.45) is 3.46. The minimum Gasteiger partial charge on any atom is -0.354 e. The predicted molar refractivity (Wildman–Crippen MR) is 115 cm³/mol. The third-order valence-corrected chi connectivity index (χ3v) is 6.47. The van der Waals surface area contributed by atoms with Crippen LogP contribution in [0.25, 0.3) is 16.7 Å². The van der Waals surface area contributed by atoms with Crippen LogP contribution in [0.4, 0.5) is 13.2 Å². The lowest BCUT2D eigenvalue weighted by molar-refractivity contribution is -0.157. The minimum atomic E-state index is -1.52. The Morgan fingerprint density at radius 1 is 1.00 bits per heavy atom. The van der Waals surface area contributed by atoms with Gasteiger partial charge in [0.15, 0.2) is 23.2 Å². The van der Waals surface area contributed by atoms with E-state index < -0.39 is 28.7 Å². The average molecular weight is 443 g/mol. The Kier molecular flexibility index (Phi) is 5.57. The van der Waals surface area contributed by atoms with Crippen molar-refractivity contribution in [3.05, 3.63) is 69.5 Å². The molecule has 2 aromatic carbocycles. The molecule has 0 unspecified atom stereocenters. The molecule has 0 N–H and O–H groups in total. The molecule has 0 radical (unpaired) electrons. The summed E-state index contributed by atoms with van der Waals surface area (Å²) in [5, 5.41) is 3.29. The van der Waals surface area contributed by atoms with Crippen LogP contribution in [0, 0.1) is 22.4 Å². The van der Waals surface area contributed by atoms with Gasteiger partial charge in [0.05, 0.1) is 5.57 Å². The maximum atomic E-state index is 13.8. The molecule has 2 aromatic rings. The van der Waals surface area contributed by atoms with Gasteiger partial charge in [0.25, 0.3) is 0 Å². The van der Waals surface area contributed by atoms with E-state index in [4.69, 9.17) is 4.74 Å². The van der Waals surface area contributed by atoms with E-state index in [0.29, 0.717) is 36.0 Å². The van der Waals surface area contributed by atoms with Crippen LogP contribution in [0.5, 0.6) is 0 Å². The highest BCUT2D eigenvalue weighted by Gasteiger charge is 2.53. The Morgan fingerprint density at radius 2 is 1.62 bits per heavy atom. The molecule has 1 fully saturated rings. The molecule has 0 saturated heterocycles. The Morgan fingerprint density at radius 3 is 2.19 bits per heavy atom. The fraction of sp³-hybridized carbons (Fsp3) is 0.400. The molecule has 1 heterocycles. The normalized spacial score (nSPS) is 19.6. The summed E-state index contributed by atoms with van der Waals surface area (Å²) >= 11 is 0. The minimum absolute atomic E-state index is 0.126. The Balaban J connectivity index is 1.91. The molecule has 0 amide bonds. The largest absolute Gasteiger partial charge is 0.354 e. The predicted octanol–water partition coefficient (Wildman–Crippen LogP) is 6.50. The molecule has 32 heavy (non-hydrogen) atoms. The number of hydrogen-bond donors (Lipinski definition) is 0. The van der Waals surface area contributed by atoms with Crippen LogP contribution >= 0.6 is 0 Å². The molecular weight excluding hydrogens is 419 g/mol. The number of nitrogens with zero attached hydrogens (tertiary/aromatic N) is 1. The van der Waals surface area contributed by atoms with Gasteiger partial charge in [0.1, 0.15) is 16.9 Å². The second-order valence-corrected chi connectivity index (χ2v) is 8.94. The number of aryl methyl sites for hydroxylation is 1. The summed E-state index contributed by atoms with van der Waals surface area (Å²) in [4.78, 5) is 25.4. The van der Waals surface area contributed by atoms with Gasteiger partial charge in [0, 0.05) is 0 Å². The fourth-order valence-electron chi connectivity index (χ4n) is 4.92. The van der Waals surface area contributed by atoms with Crippen molar-refractivity contribution in [1.82, 2.24) is 0 Å². The highest BCUT2D eigenvalue weighted by molar-refractivity contribution is 6.26. The van der Waals surface area contributed by atoms with Gasteiger partial charge in [-0.25, -0.2) is 13.2 Å². The van der Waals surface area contributed by atoms with Gasteiger partial charge < -0.3 is 4.74 Å². The number of Topliss-reactive ketones (excluding diaryl/α,β-unsaturated/α-hetero) is 1. The number of nitroso groups, excluding NO2 is 1. The number of rotatable bonds is 4. The Labute approximate surface area is 184 Å². The van der Waals surface area contributed by atoms with Crippen molar-refractivity contribution in [1.29, 1.82) is 0 Å². The third kappa shape index (κ3) is 3.48. The van der Waals surface area contributed by atoms with Crippen LogP contribution in [-0.4, -0.2) is 17.0 Å². The first-order valence-corrected chi connectivity index (χ1v) is 10.7. The molecule has 7 heteroatoms. The SMILES string of the molecule is CCc1cc(-c2cc(F)c(F)c(F)c2)ccc1C1=C(N=O)C2(CCCC2)OC(C)(C)C1=O. The fourth-order valence-corrected chi connectivity index (χ4v) is 4.92. The van der Waals surface area contributed by atoms with Gasteiger partial charge in [-0.15, -0.1) is 4.91 Å². The summed E-state index contributed by atoms with van der Waals surface area (Å²) in [7, 11) is 0. The van der Waals surface area contributed by atoms with E-state index in [1.165, 1.54) is 0 Å². The number of carbonyl (C=O) groups excluding carboxylic acids is 1. The summed E-state index contributed by atoms with van der Waals surface area (Å²) in [5.41, 5.74) is 0.278. The second kappa shape index (κ2) is 7.96. The van der Waals surface area contributed by atoms with Gasteiger partial charge in [-0.3, -0.25) is 4.79 Å². The first-order chi connectivity index (χ1) is 15.1. The third-order valence-electron chi connectivity index (χ3n) is 6.47. The first-order valence-electron chi connectivity index (χ1n) is 10.7. The lowest BCUT2D eigenvalue weighted by Gasteiger charge is -2.42. The van der Waals surface area contributed by atoms with E-state index in [2.05, 4.69) is 5.18 Å². The molecule has 168 valence electrons. The van der Waals surface area contributed by atoms with Crippen LogP contribution < -0.4 is 0 Å². The number of hydrogen-bond acceptors (Lipinski definition) is 4. The molecule has 0 atom stereocenters. The maximum Gasteiger partial charge on any atom is 0.196 e. The van der Waals surface area contributed by atoms with E-state index in [0.717, 1.165) is 25.0 Å². The molecule has 4 rings (SSSR count). The van der Waals surface area contributed by atoms with Gasteiger partial charge in [-0.05, 0) is 72.7 Å². The van der Waals surface area contributed by atoms with Gasteiger partial charge in [-0.2, -0.15) is 0 Å². The summed E-state index contributed by atoms with van der Waals surface area (Å²) in [5.74, 6) is -4.40. The molecule has 4 nitrogen and oxygen atoms in total. The number of ether oxygens (including phenoxy) is 1. The van der Waals surface area contributed by atoms with Crippen molar-refractivity contribution in [3.63, 3.8) is 0 Å². The van der Waals surface area contributed by atoms with E-state index in [9.17, 15) is 22.9 Å². The molecule has 1 aliphatic heterocycles.